The number of benzene rings is 4. The minimum atomic E-state index is -0.524. The Morgan fingerprint density at radius 1 is 0.542 bits per heavy atom. The van der Waals surface area contributed by atoms with Crippen LogP contribution in [0.5, 0.6) is 0 Å². The molecule has 0 aliphatic rings. The summed E-state index contributed by atoms with van der Waals surface area (Å²) in [5, 5.41) is 25.3. The number of para-hydroxylation sites is 2. The second-order valence-corrected chi connectivity index (χ2v) is 11.7. The first-order chi connectivity index (χ1) is 23.4. The van der Waals surface area contributed by atoms with Crippen molar-refractivity contribution in [3.05, 3.63) is 108 Å². The summed E-state index contributed by atoms with van der Waals surface area (Å²) in [7, 11) is 0. The van der Waals surface area contributed by atoms with E-state index in [1.54, 1.807) is 36.4 Å². The van der Waals surface area contributed by atoms with E-state index in [-0.39, 0.29) is 11.5 Å². The molecule has 6 rings (SSSR count). The summed E-state index contributed by atoms with van der Waals surface area (Å²) in [6.45, 7) is 0. The van der Waals surface area contributed by atoms with Crippen molar-refractivity contribution in [2.24, 2.45) is 0 Å². The van der Waals surface area contributed by atoms with Crippen LogP contribution in [0, 0.1) is 0 Å². The highest BCUT2D eigenvalue weighted by atomic mass is 32.2. The van der Waals surface area contributed by atoms with Gasteiger partial charge >= 0.3 is 0 Å². The molecule has 0 aliphatic carbocycles. The summed E-state index contributed by atoms with van der Waals surface area (Å²) in [5.74, 6) is -2.03. The van der Waals surface area contributed by atoms with Crippen LogP contribution < -0.4 is 21.7 Å². The Hall–Kier alpha value is -6.14. The van der Waals surface area contributed by atoms with Crippen LogP contribution in [0.25, 0.3) is 22.1 Å². The standard InChI is InChI=1S/C30H24N12O4S2/c43-25(17-47-29-35-37-39-41(29)23-7-3-1-4-8-23)31-33-27(45)21-13-11-20-16-22(14-12-19(20)15-21)28(46)34-32-26(44)18-48-30-36-38-40-42(30)24-9-5-2-6-10-24/h1-16H,17-18H2,(H,31,43)(H,32,44)(H,33,45)(H,34,46). The van der Waals surface area contributed by atoms with Gasteiger partial charge in [-0.05, 0) is 80.2 Å². The highest BCUT2D eigenvalue weighted by Gasteiger charge is 2.15. The van der Waals surface area contributed by atoms with Crippen LogP contribution in [-0.4, -0.2) is 75.5 Å². The molecule has 0 unspecified atom stereocenters. The number of nitrogens with one attached hydrogen (secondary N) is 4. The predicted molar refractivity (Wildman–Crippen MR) is 175 cm³/mol. The van der Waals surface area contributed by atoms with E-state index in [1.807, 2.05) is 60.7 Å². The fourth-order valence-corrected chi connectivity index (χ4v) is 5.64. The van der Waals surface area contributed by atoms with E-state index < -0.39 is 23.6 Å². The number of fused-ring (bicyclic) bond motifs is 1. The molecule has 48 heavy (non-hydrogen) atoms. The monoisotopic (exact) mass is 680 g/mol. The number of aromatic nitrogens is 8. The molecule has 0 atom stereocenters. The van der Waals surface area contributed by atoms with Gasteiger partial charge in [0.15, 0.2) is 0 Å². The lowest BCUT2D eigenvalue weighted by atomic mass is 10.0. The molecule has 18 heteroatoms. The first-order valence-corrected chi connectivity index (χ1v) is 16.1. The number of nitrogens with zero attached hydrogens (tertiary/aromatic N) is 8. The van der Waals surface area contributed by atoms with Crippen molar-refractivity contribution in [2.45, 2.75) is 10.3 Å². The average molecular weight is 681 g/mol. The number of carbonyl (C=O) groups is 4. The van der Waals surface area contributed by atoms with Gasteiger partial charge in [0.25, 0.3) is 11.8 Å². The molecule has 6 aromatic rings. The van der Waals surface area contributed by atoms with E-state index >= 15 is 0 Å². The SMILES string of the molecule is O=C(CSc1nnnn1-c1ccccc1)NNC(=O)c1ccc2cc(C(=O)NNC(=O)CSc3nnnn3-c3ccccc3)ccc2c1. The molecular formula is C30H24N12O4S2. The Kier molecular flexibility index (Phi) is 9.92. The van der Waals surface area contributed by atoms with Crippen LogP contribution >= 0.6 is 23.5 Å². The first kappa shape index (κ1) is 31.8. The van der Waals surface area contributed by atoms with Gasteiger partial charge in [-0.1, -0.05) is 72.1 Å². The van der Waals surface area contributed by atoms with Crippen LogP contribution in [-0.2, 0) is 9.59 Å². The van der Waals surface area contributed by atoms with Crippen LogP contribution in [0.2, 0.25) is 0 Å². The van der Waals surface area contributed by atoms with Crippen molar-refractivity contribution in [2.75, 3.05) is 11.5 Å². The summed E-state index contributed by atoms with van der Waals surface area (Å²) in [4.78, 5) is 50.2. The van der Waals surface area contributed by atoms with Crippen molar-refractivity contribution in [1.82, 2.24) is 62.1 Å². The minimum absolute atomic E-state index is 0.0378. The van der Waals surface area contributed by atoms with Crippen LogP contribution in [0.3, 0.4) is 0 Å². The molecule has 0 radical (unpaired) electrons. The lowest BCUT2D eigenvalue weighted by Gasteiger charge is -2.10. The molecule has 240 valence electrons. The quantitative estimate of drug-likeness (QED) is 0.121. The predicted octanol–water partition coefficient (Wildman–Crippen LogP) is 1.90. The Morgan fingerprint density at radius 3 is 1.38 bits per heavy atom. The number of thioether (sulfide) groups is 2. The second-order valence-electron chi connectivity index (χ2n) is 9.78. The van der Waals surface area contributed by atoms with Crippen molar-refractivity contribution in [3.8, 4) is 11.4 Å². The van der Waals surface area contributed by atoms with Crippen LogP contribution in [0.15, 0.2) is 107 Å². The highest BCUT2D eigenvalue weighted by molar-refractivity contribution is 8.00. The van der Waals surface area contributed by atoms with Crippen molar-refractivity contribution >= 4 is 57.9 Å². The third-order valence-corrected chi connectivity index (χ3v) is 8.38. The molecule has 0 saturated carbocycles. The van der Waals surface area contributed by atoms with Gasteiger partial charge in [0.05, 0.1) is 22.9 Å². The lowest BCUT2D eigenvalue weighted by Crippen LogP contribution is -2.42. The molecule has 4 aromatic carbocycles. The summed E-state index contributed by atoms with van der Waals surface area (Å²) in [6, 6.07) is 28.2. The Morgan fingerprint density at radius 2 is 0.958 bits per heavy atom. The van der Waals surface area contributed by atoms with E-state index in [9.17, 15) is 19.2 Å². The normalized spacial score (nSPS) is 10.8. The number of hydrazine groups is 2. The van der Waals surface area contributed by atoms with E-state index in [2.05, 4.69) is 52.8 Å². The van der Waals surface area contributed by atoms with Gasteiger partial charge in [-0.3, -0.25) is 40.9 Å². The van der Waals surface area contributed by atoms with E-state index in [0.29, 0.717) is 32.2 Å². The molecule has 0 aliphatic heterocycles. The zero-order valence-electron chi connectivity index (χ0n) is 24.7. The number of tetrazole rings is 2. The number of hydrogen-bond acceptors (Lipinski definition) is 12. The summed E-state index contributed by atoms with van der Waals surface area (Å²) < 4.78 is 3.02. The molecule has 0 saturated heterocycles. The molecule has 2 aromatic heterocycles. The van der Waals surface area contributed by atoms with Crippen LogP contribution in [0.4, 0.5) is 0 Å². The lowest BCUT2D eigenvalue weighted by molar-refractivity contribution is -0.120. The number of rotatable bonds is 10. The smallest absolute Gasteiger partial charge is 0.269 e. The molecule has 4 N–H and O–H groups in total. The Labute approximate surface area is 280 Å². The second kappa shape index (κ2) is 15.0. The number of carbonyl (C=O) groups excluding carboxylic acids is 4. The van der Waals surface area contributed by atoms with Crippen molar-refractivity contribution < 1.29 is 19.2 Å². The van der Waals surface area contributed by atoms with Gasteiger partial charge in [0.2, 0.25) is 22.1 Å². The van der Waals surface area contributed by atoms with Gasteiger partial charge in [0, 0.05) is 11.1 Å². The van der Waals surface area contributed by atoms with E-state index in [1.165, 1.54) is 9.36 Å². The summed E-state index contributed by atoms with van der Waals surface area (Å²) >= 11 is 2.23. The maximum absolute atomic E-state index is 12.7. The Bertz CT molecular complexity index is 1940. The number of amides is 4. The van der Waals surface area contributed by atoms with Gasteiger partial charge < -0.3 is 0 Å². The van der Waals surface area contributed by atoms with E-state index in [0.717, 1.165) is 34.9 Å². The van der Waals surface area contributed by atoms with Gasteiger partial charge in [-0.25, -0.2) is 0 Å². The fraction of sp³-hybridized carbons (Fsp3) is 0.0667. The maximum Gasteiger partial charge on any atom is 0.269 e. The zero-order valence-corrected chi connectivity index (χ0v) is 26.3. The fourth-order valence-electron chi connectivity index (χ4n) is 4.26. The minimum Gasteiger partial charge on any atom is -0.272 e. The molecule has 2 heterocycles. The molecule has 0 spiro atoms. The largest absolute Gasteiger partial charge is 0.272 e. The Balaban J connectivity index is 0.966. The average Bonchev–Trinajstić information content (AvgIpc) is 3.81. The molecule has 0 fully saturated rings. The topological polar surface area (TPSA) is 204 Å². The highest BCUT2D eigenvalue weighted by Crippen LogP contribution is 2.20. The maximum atomic E-state index is 12.7. The first-order valence-electron chi connectivity index (χ1n) is 14.1. The zero-order chi connectivity index (χ0) is 33.3. The van der Waals surface area contributed by atoms with Gasteiger partial charge in [-0.2, -0.15) is 9.36 Å². The molecular weight excluding hydrogens is 657 g/mol. The number of hydrogen-bond donors (Lipinski definition) is 4. The summed E-state index contributed by atoms with van der Waals surface area (Å²) in [6.07, 6.45) is 0. The van der Waals surface area contributed by atoms with Gasteiger partial charge in [0.1, 0.15) is 0 Å². The third kappa shape index (κ3) is 7.80. The molecule has 4 amide bonds. The third-order valence-electron chi connectivity index (χ3n) is 6.54. The van der Waals surface area contributed by atoms with E-state index in [4.69, 9.17) is 0 Å². The van der Waals surface area contributed by atoms with Crippen LogP contribution in [0.1, 0.15) is 20.7 Å². The molecule has 0 bridgehead atoms. The van der Waals surface area contributed by atoms with Crippen molar-refractivity contribution in [1.29, 1.82) is 0 Å². The van der Waals surface area contributed by atoms with Gasteiger partial charge in [-0.15, -0.1) is 10.2 Å². The summed E-state index contributed by atoms with van der Waals surface area (Å²) in [5.41, 5.74) is 11.7. The molecule has 16 nitrogen and oxygen atoms in total. The van der Waals surface area contributed by atoms with Crippen molar-refractivity contribution in [3.63, 3.8) is 0 Å².